The summed E-state index contributed by atoms with van der Waals surface area (Å²) in [7, 11) is -1.36. The van der Waals surface area contributed by atoms with Gasteiger partial charge in [0.2, 0.25) is 0 Å². The van der Waals surface area contributed by atoms with Crippen molar-refractivity contribution in [2.45, 2.75) is 18.7 Å². The van der Waals surface area contributed by atoms with Crippen LogP contribution in [0.2, 0.25) is 0 Å². The van der Waals surface area contributed by atoms with Gasteiger partial charge in [0, 0.05) is 12.8 Å². The molecule has 0 aromatic heterocycles. The molecule has 1 aromatic carbocycles. The molecular weight excluding hydrogens is 320 g/mol. The second-order valence-electron chi connectivity index (χ2n) is 5.18. The van der Waals surface area contributed by atoms with Crippen molar-refractivity contribution < 1.29 is 23.3 Å². The van der Waals surface area contributed by atoms with Gasteiger partial charge in [-0.2, -0.15) is 0 Å². The molecule has 23 heavy (non-hydrogen) atoms. The summed E-state index contributed by atoms with van der Waals surface area (Å²) in [5.74, 6) is -1.26. The van der Waals surface area contributed by atoms with E-state index in [1.165, 1.54) is 12.3 Å². The van der Waals surface area contributed by atoms with Crippen LogP contribution in [0.3, 0.4) is 0 Å². The quantitative estimate of drug-likeness (QED) is 0.754. The number of carbonyl (C=O) groups is 3. The molecule has 8 heteroatoms. The van der Waals surface area contributed by atoms with Crippen molar-refractivity contribution in [2.24, 2.45) is 5.92 Å². The first-order valence-corrected chi connectivity index (χ1v) is 8.54. The van der Waals surface area contributed by atoms with Gasteiger partial charge in [0.1, 0.15) is 0 Å². The lowest BCUT2D eigenvalue weighted by Gasteiger charge is -2.09. The van der Waals surface area contributed by atoms with Gasteiger partial charge in [-0.05, 0) is 18.1 Å². The number of urea groups is 1. The van der Waals surface area contributed by atoms with Crippen molar-refractivity contribution in [2.75, 3.05) is 19.4 Å². The fourth-order valence-electron chi connectivity index (χ4n) is 1.60. The summed E-state index contributed by atoms with van der Waals surface area (Å²) >= 11 is 0. The zero-order chi connectivity index (χ0) is 17.4. The molecule has 2 N–H and O–H groups in total. The van der Waals surface area contributed by atoms with Crippen molar-refractivity contribution in [1.82, 2.24) is 10.6 Å². The average molecular weight is 340 g/mol. The van der Waals surface area contributed by atoms with Gasteiger partial charge in [-0.1, -0.05) is 26.0 Å². The van der Waals surface area contributed by atoms with Gasteiger partial charge in [-0.15, -0.1) is 0 Å². The molecule has 0 aliphatic rings. The van der Waals surface area contributed by atoms with Crippen LogP contribution in [0.1, 0.15) is 24.2 Å². The first-order chi connectivity index (χ1) is 10.8. The molecule has 0 aliphatic heterocycles. The minimum absolute atomic E-state index is 0.130. The topological polar surface area (TPSA) is 102 Å². The molecule has 1 aromatic rings. The highest BCUT2D eigenvalue weighted by Crippen LogP contribution is 2.13. The molecule has 0 heterocycles. The Morgan fingerprint density at radius 2 is 1.87 bits per heavy atom. The molecule has 7 nitrogen and oxygen atoms in total. The molecule has 0 spiro atoms. The van der Waals surface area contributed by atoms with Crippen LogP contribution in [0.5, 0.6) is 0 Å². The molecule has 0 bridgehead atoms. The average Bonchev–Trinajstić information content (AvgIpc) is 2.50. The summed E-state index contributed by atoms with van der Waals surface area (Å²) in [4.78, 5) is 35.2. The SMILES string of the molecule is CC(C)CNC(=O)NC(=O)COC(=O)c1ccccc1[S@@](C)=O. The van der Waals surface area contributed by atoms with Crippen molar-refractivity contribution in [1.29, 1.82) is 0 Å². The second-order valence-corrected chi connectivity index (χ2v) is 6.53. The second kappa shape index (κ2) is 9.04. The van der Waals surface area contributed by atoms with Crippen molar-refractivity contribution in [3.05, 3.63) is 29.8 Å². The Balaban J connectivity index is 2.52. The van der Waals surface area contributed by atoms with E-state index >= 15 is 0 Å². The third-order valence-electron chi connectivity index (χ3n) is 2.67. The fraction of sp³-hybridized carbons (Fsp3) is 0.400. The highest BCUT2D eigenvalue weighted by molar-refractivity contribution is 7.84. The van der Waals surface area contributed by atoms with E-state index < -0.39 is 35.3 Å². The predicted molar refractivity (Wildman–Crippen MR) is 85.4 cm³/mol. The van der Waals surface area contributed by atoms with E-state index in [4.69, 9.17) is 4.74 Å². The lowest BCUT2D eigenvalue weighted by Crippen LogP contribution is -2.42. The maximum Gasteiger partial charge on any atom is 0.339 e. The van der Waals surface area contributed by atoms with Gasteiger partial charge < -0.3 is 10.1 Å². The maximum absolute atomic E-state index is 11.9. The number of nitrogens with one attached hydrogen (secondary N) is 2. The van der Waals surface area contributed by atoms with E-state index in [9.17, 15) is 18.6 Å². The van der Waals surface area contributed by atoms with Crippen LogP contribution in [-0.4, -0.2) is 41.5 Å². The van der Waals surface area contributed by atoms with Gasteiger partial charge in [0.15, 0.2) is 6.61 Å². The monoisotopic (exact) mass is 340 g/mol. The smallest absolute Gasteiger partial charge is 0.339 e. The predicted octanol–water partition coefficient (Wildman–Crippen LogP) is 1.06. The van der Waals surface area contributed by atoms with Crippen LogP contribution in [0.15, 0.2) is 29.2 Å². The van der Waals surface area contributed by atoms with Crippen molar-refractivity contribution >= 4 is 28.7 Å². The molecule has 1 rings (SSSR count). The number of amides is 3. The largest absolute Gasteiger partial charge is 0.452 e. The van der Waals surface area contributed by atoms with E-state index in [1.54, 1.807) is 18.2 Å². The first kappa shape index (κ1) is 18.8. The lowest BCUT2D eigenvalue weighted by atomic mass is 10.2. The fourth-order valence-corrected chi connectivity index (χ4v) is 2.33. The van der Waals surface area contributed by atoms with Crippen molar-refractivity contribution in [3.63, 3.8) is 0 Å². The van der Waals surface area contributed by atoms with Gasteiger partial charge in [-0.25, -0.2) is 9.59 Å². The molecular formula is C15H20N2O5S. The normalized spacial score (nSPS) is 11.7. The number of hydrogen-bond donors (Lipinski definition) is 2. The van der Waals surface area contributed by atoms with Crippen LogP contribution >= 0.6 is 0 Å². The van der Waals surface area contributed by atoms with Crippen LogP contribution in [0.25, 0.3) is 0 Å². The molecule has 0 saturated carbocycles. The number of ether oxygens (including phenoxy) is 1. The molecule has 0 radical (unpaired) electrons. The van der Waals surface area contributed by atoms with Crippen LogP contribution in [0.4, 0.5) is 4.79 Å². The van der Waals surface area contributed by atoms with Crippen molar-refractivity contribution in [3.8, 4) is 0 Å². The molecule has 0 saturated heterocycles. The summed E-state index contributed by atoms with van der Waals surface area (Å²) in [6, 6.07) is 5.62. The lowest BCUT2D eigenvalue weighted by molar-refractivity contribution is -0.123. The number of rotatable bonds is 6. The third-order valence-corrected chi connectivity index (χ3v) is 3.65. The van der Waals surface area contributed by atoms with Gasteiger partial charge in [0.05, 0.1) is 21.3 Å². The van der Waals surface area contributed by atoms with E-state index in [1.807, 2.05) is 13.8 Å². The Bertz CT molecular complexity index is 616. The summed E-state index contributed by atoms with van der Waals surface area (Å²) in [6.45, 7) is 3.66. The highest BCUT2D eigenvalue weighted by atomic mass is 32.2. The molecule has 0 fully saturated rings. The van der Waals surface area contributed by atoms with Gasteiger partial charge in [-0.3, -0.25) is 14.3 Å². The minimum atomic E-state index is -1.36. The van der Waals surface area contributed by atoms with Crippen LogP contribution in [-0.2, 0) is 20.3 Å². The number of hydrogen-bond acceptors (Lipinski definition) is 5. The van der Waals surface area contributed by atoms with Crippen LogP contribution < -0.4 is 10.6 Å². The minimum Gasteiger partial charge on any atom is -0.452 e. The molecule has 1 atom stereocenters. The van der Waals surface area contributed by atoms with E-state index in [-0.39, 0.29) is 11.5 Å². The Hall–Kier alpha value is -2.22. The maximum atomic E-state index is 11.9. The molecule has 0 aliphatic carbocycles. The third kappa shape index (κ3) is 6.60. The van der Waals surface area contributed by atoms with E-state index in [0.29, 0.717) is 11.4 Å². The van der Waals surface area contributed by atoms with E-state index in [2.05, 4.69) is 10.6 Å². The standard InChI is InChI=1S/C15H20N2O5S/c1-10(2)8-16-15(20)17-13(18)9-22-14(19)11-6-4-5-7-12(11)23(3)21/h4-7,10H,8-9H2,1-3H3,(H2,16,17,18,20)/t23-/m1/s1. The molecule has 3 amide bonds. The zero-order valence-corrected chi connectivity index (χ0v) is 14.1. The summed E-state index contributed by atoms with van der Waals surface area (Å²) in [5, 5.41) is 4.56. The molecule has 126 valence electrons. The Morgan fingerprint density at radius 3 is 2.48 bits per heavy atom. The zero-order valence-electron chi connectivity index (χ0n) is 13.3. The van der Waals surface area contributed by atoms with E-state index in [0.717, 1.165) is 0 Å². The summed E-state index contributed by atoms with van der Waals surface area (Å²) in [6.07, 6.45) is 1.44. The van der Waals surface area contributed by atoms with Crippen LogP contribution in [0, 0.1) is 5.92 Å². The number of imide groups is 1. The summed E-state index contributed by atoms with van der Waals surface area (Å²) < 4.78 is 16.4. The molecule has 0 unspecified atom stereocenters. The van der Waals surface area contributed by atoms with Gasteiger partial charge in [0.25, 0.3) is 5.91 Å². The summed E-state index contributed by atoms with van der Waals surface area (Å²) in [5.41, 5.74) is 0.130. The van der Waals surface area contributed by atoms with Gasteiger partial charge >= 0.3 is 12.0 Å². The number of esters is 1. The Labute approximate surface area is 137 Å². The Kier molecular flexibility index (Phi) is 7.40. The Morgan fingerprint density at radius 1 is 1.22 bits per heavy atom. The first-order valence-electron chi connectivity index (χ1n) is 6.98. The number of carbonyl (C=O) groups excluding carboxylic acids is 3. The number of benzene rings is 1. The highest BCUT2D eigenvalue weighted by Gasteiger charge is 2.16.